The van der Waals surface area contributed by atoms with Gasteiger partial charge in [0.1, 0.15) is 11.5 Å². The fraction of sp³-hybridized carbons (Fsp3) is 0.143. The molecular formula is C21H19FN4O3. The lowest BCUT2D eigenvalue weighted by Gasteiger charge is -2.12. The van der Waals surface area contributed by atoms with Crippen molar-refractivity contribution in [1.82, 2.24) is 15.1 Å². The van der Waals surface area contributed by atoms with Gasteiger partial charge in [-0.25, -0.2) is 9.07 Å². The smallest absolute Gasteiger partial charge is 0.275 e. The third kappa shape index (κ3) is 4.55. The number of hydrogen-bond acceptors (Lipinski definition) is 4. The zero-order valence-electron chi connectivity index (χ0n) is 15.7. The average Bonchev–Trinajstić information content (AvgIpc) is 2.69. The Balaban J connectivity index is 1.77. The summed E-state index contributed by atoms with van der Waals surface area (Å²) in [6.45, 7) is 1.82. The lowest BCUT2D eigenvalue weighted by Crippen LogP contribution is -2.33. The molecule has 0 saturated carbocycles. The molecule has 2 amide bonds. The second-order valence-corrected chi connectivity index (χ2v) is 6.43. The minimum atomic E-state index is -0.661. The molecule has 0 radical (unpaired) electrons. The van der Waals surface area contributed by atoms with E-state index in [1.165, 1.54) is 28.9 Å². The SMILES string of the molecule is Cc1cc(=O)c(C(=O)NCCc2cccc(C(N)=O)c2)nn1-c1ccccc1F. The van der Waals surface area contributed by atoms with Crippen molar-refractivity contribution in [2.75, 3.05) is 6.54 Å². The number of carbonyl (C=O) groups is 2. The molecule has 148 valence electrons. The van der Waals surface area contributed by atoms with E-state index in [-0.39, 0.29) is 17.9 Å². The van der Waals surface area contributed by atoms with Crippen LogP contribution >= 0.6 is 0 Å². The second kappa shape index (κ2) is 8.47. The van der Waals surface area contributed by atoms with Gasteiger partial charge in [-0.2, -0.15) is 5.10 Å². The summed E-state index contributed by atoms with van der Waals surface area (Å²) in [6, 6.07) is 13.9. The molecule has 3 rings (SSSR count). The Morgan fingerprint density at radius 2 is 1.90 bits per heavy atom. The van der Waals surface area contributed by atoms with Crippen LogP contribution in [0.2, 0.25) is 0 Å². The molecule has 8 heteroatoms. The first-order chi connectivity index (χ1) is 13.9. The van der Waals surface area contributed by atoms with Gasteiger partial charge in [0.2, 0.25) is 11.3 Å². The molecule has 0 aliphatic rings. The van der Waals surface area contributed by atoms with Gasteiger partial charge in [0, 0.05) is 23.9 Å². The minimum absolute atomic E-state index is 0.141. The molecule has 1 aromatic heterocycles. The number of rotatable bonds is 6. The number of nitrogens with zero attached hydrogens (tertiary/aromatic N) is 2. The maximum absolute atomic E-state index is 14.1. The van der Waals surface area contributed by atoms with Gasteiger partial charge in [0.25, 0.3) is 5.91 Å². The summed E-state index contributed by atoms with van der Waals surface area (Å²) in [5.74, 6) is -1.72. The molecule has 1 heterocycles. The lowest BCUT2D eigenvalue weighted by atomic mass is 10.1. The number of nitrogens with two attached hydrogens (primary N) is 1. The molecule has 7 nitrogen and oxygen atoms in total. The van der Waals surface area contributed by atoms with Crippen molar-refractivity contribution < 1.29 is 14.0 Å². The molecule has 3 aromatic rings. The largest absolute Gasteiger partial charge is 0.366 e. The summed E-state index contributed by atoms with van der Waals surface area (Å²) in [7, 11) is 0. The van der Waals surface area contributed by atoms with Crippen LogP contribution in [-0.2, 0) is 6.42 Å². The molecule has 0 saturated heterocycles. The van der Waals surface area contributed by atoms with Gasteiger partial charge in [-0.1, -0.05) is 24.3 Å². The van der Waals surface area contributed by atoms with E-state index in [1.807, 2.05) is 0 Å². The normalized spacial score (nSPS) is 10.6. The fourth-order valence-electron chi connectivity index (χ4n) is 2.86. The molecule has 0 aliphatic carbocycles. The summed E-state index contributed by atoms with van der Waals surface area (Å²) in [5, 5.41) is 6.68. The highest BCUT2D eigenvalue weighted by molar-refractivity contribution is 5.93. The zero-order chi connectivity index (χ0) is 21.0. The van der Waals surface area contributed by atoms with E-state index >= 15 is 0 Å². The third-order valence-electron chi connectivity index (χ3n) is 4.31. The number of amides is 2. The second-order valence-electron chi connectivity index (χ2n) is 6.43. The van der Waals surface area contributed by atoms with E-state index in [0.717, 1.165) is 5.56 Å². The molecule has 0 unspecified atom stereocenters. The fourth-order valence-corrected chi connectivity index (χ4v) is 2.86. The van der Waals surface area contributed by atoms with Crippen molar-refractivity contribution in [2.24, 2.45) is 5.73 Å². The Kier molecular flexibility index (Phi) is 5.82. The monoisotopic (exact) mass is 394 g/mol. The number of aromatic nitrogens is 2. The van der Waals surface area contributed by atoms with Crippen molar-refractivity contribution in [3.8, 4) is 5.69 Å². The number of primary amides is 1. The van der Waals surface area contributed by atoms with E-state index in [9.17, 15) is 18.8 Å². The van der Waals surface area contributed by atoms with Crippen LogP contribution in [0, 0.1) is 12.7 Å². The summed E-state index contributed by atoms with van der Waals surface area (Å²) >= 11 is 0. The quantitative estimate of drug-likeness (QED) is 0.664. The van der Waals surface area contributed by atoms with Gasteiger partial charge in [0.05, 0.1) is 0 Å². The Labute approximate surface area is 166 Å². The molecule has 2 aromatic carbocycles. The van der Waals surface area contributed by atoms with Gasteiger partial charge >= 0.3 is 0 Å². The number of hydrogen-bond donors (Lipinski definition) is 2. The van der Waals surface area contributed by atoms with Gasteiger partial charge in [-0.3, -0.25) is 14.4 Å². The number of para-hydroxylation sites is 1. The molecule has 0 atom stereocenters. The predicted molar refractivity (Wildman–Crippen MR) is 106 cm³/mol. The van der Waals surface area contributed by atoms with Crippen LogP contribution in [0.3, 0.4) is 0 Å². The van der Waals surface area contributed by atoms with Crippen LogP contribution < -0.4 is 16.5 Å². The zero-order valence-corrected chi connectivity index (χ0v) is 15.7. The molecule has 29 heavy (non-hydrogen) atoms. The van der Waals surface area contributed by atoms with E-state index in [1.54, 1.807) is 37.3 Å². The van der Waals surface area contributed by atoms with Gasteiger partial charge < -0.3 is 11.1 Å². The maximum atomic E-state index is 14.1. The summed E-state index contributed by atoms with van der Waals surface area (Å²) in [6.07, 6.45) is 0.431. The first-order valence-electron chi connectivity index (χ1n) is 8.89. The topological polar surface area (TPSA) is 107 Å². The van der Waals surface area contributed by atoms with E-state index < -0.39 is 23.1 Å². The minimum Gasteiger partial charge on any atom is -0.366 e. The van der Waals surface area contributed by atoms with Crippen LogP contribution in [0.25, 0.3) is 5.69 Å². The summed E-state index contributed by atoms with van der Waals surface area (Å²) < 4.78 is 15.3. The van der Waals surface area contributed by atoms with E-state index in [4.69, 9.17) is 5.73 Å². The van der Waals surface area contributed by atoms with E-state index in [0.29, 0.717) is 17.7 Å². The van der Waals surface area contributed by atoms with Crippen molar-refractivity contribution >= 4 is 11.8 Å². The molecule has 0 fully saturated rings. The number of halogens is 1. The predicted octanol–water partition coefficient (Wildman–Crippen LogP) is 1.75. The van der Waals surface area contributed by atoms with Crippen molar-refractivity contribution in [3.63, 3.8) is 0 Å². The van der Waals surface area contributed by atoms with Gasteiger partial charge in [-0.05, 0) is 43.2 Å². The van der Waals surface area contributed by atoms with Crippen LogP contribution in [0.5, 0.6) is 0 Å². The van der Waals surface area contributed by atoms with Gasteiger partial charge in [-0.15, -0.1) is 0 Å². The molecule has 0 aliphatic heterocycles. The van der Waals surface area contributed by atoms with Crippen molar-refractivity contribution in [3.05, 3.63) is 93.2 Å². The highest BCUT2D eigenvalue weighted by Gasteiger charge is 2.16. The Morgan fingerprint density at radius 1 is 1.14 bits per heavy atom. The van der Waals surface area contributed by atoms with E-state index in [2.05, 4.69) is 10.4 Å². The molecule has 0 spiro atoms. The van der Waals surface area contributed by atoms with Crippen molar-refractivity contribution in [1.29, 1.82) is 0 Å². The average molecular weight is 394 g/mol. The highest BCUT2D eigenvalue weighted by atomic mass is 19.1. The Morgan fingerprint density at radius 3 is 2.62 bits per heavy atom. The standard InChI is InChI=1S/C21H19FN4O3/c1-13-11-18(27)19(25-26(13)17-8-3-2-7-16(17)22)21(29)24-10-9-14-5-4-6-15(12-14)20(23)28/h2-8,11-12H,9-10H2,1H3,(H2,23,28)(H,24,29). The number of aryl methyl sites for hydroxylation is 1. The van der Waals surface area contributed by atoms with Gasteiger partial charge in [0.15, 0.2) is 5.69 Å². The number of benzene rings is 2. The Bertz CT molecular complexity index is 1140. The van der Waals surface area contributed by atoms with Crippen LogP contribution in [-0.4, -0.2) is 28.1 Å². The molecule has 0 bridgehead atoms. The maximum Gasteiger partial charge on any atom is 0.275 e. The van der Waals surface area contributed by atoms with Crippen LogP contribution in [0.4, 0.5) is 4.39 Å². The molecule has 3 N–H and O–H groups in total. The molecular weight excluding hydrogens is 375 g/mol. The first-order valence-corrected chi connectivity index (χ1v) is 8.89. The Hall–Kier alpha value is -3.81. The number of nitrogens with one attached hydrogen (secondary N) is 1. The third-order valence-corrected chi connectivity index (χ3v) is 4.31. The summed E-state index contributed by atoms with van der Waals surface area (Å²) in [5.41, 5.74) is 6.10. The first kappa shape index (κ1) is 19.9. The van der Waals surface area contributed by atoms with Crippen LogP contribution in [0.15, 0.2) is 59.4 Å². The highest BCUT2D eigenvalue weighted by Crippen LogP contribution is 2.13. The lowest BCUT2D eigenvalue weighted by molar-refractivity contribution is 0.0944. The van der Waals surface area contributed by atoms with Crippen molar-refractivity contribution in [2.45, 2.75) is 13.3 Å². The van der Waals surface area contributed by atoms with Crippen LogP contribution in [0.1, 0.15) is 32.1 Å². The summed E-state index contributed by atoms with van der Waals surface area (Å²) in [4.78, 5) is 35.9. The number of carbonyl (C=O) groups excluding carboxylic acids is 2.